The minimum absolute atomic E-state index is 0.0196. The summed E-state index contributed by atoms with van der Waals surface area (Å²) in [7, 11) is 0. The number of alkyl halides is 2. The van der Waals surface area contributed by atoms with E-state index in [9.17, 15) is 18.7 Å². The third-order valence-electron chi connectivity index (χ3n) is 4.44. The third kappa shape index (κ3) is 2.89. The van der Waals surface area contributed by atoms with E-state index in [-0.39, 0.29) is 17.0 Å². The fraction of sp³-hybridized carbons (Fsp3) is 0.294. The van der Waals surface area contributed by atoms with Crippen molar-refractivity contribution in [2.24, 2.45) is 0 Å². The van der Waals surface area contributed by atoms with Crippen LogP contribution in [-0.4, -0.2) is 60.4 Å². The number of hydrogen-bond acceptors (Lipinski definition) is 7. The first-order valence-electron chi connectivity index (χ1n) is 8.29. The van der Waals surface area contributed by atoms with E-state index >= 15 is 0 Å². The van der Waals surface area contributed by atoms with Gasteiger partial charge in [0.2, 0.25) is 6.23 Å². The molecular weight excluding hydrogens is 376 g/mol. The SMILES string of the molecule is O=C(Nc1ncnc2c1ncn2[C@@H]1O[C@H](CO)[C@@H](O)C1(F)F)c1ccccc1. The Morgan fingerprint density at radius 2 is 2.00 bits per heavy atom. The molecule has 2 aromatic heterocycles. The molecule has 4 rings (SSSR count). The monoisotopic (exact) mass is 391 g/mol. The van der Waals surface area contributed by atoms with E-state index in [1.165, 1.54) is 0 Å². The minimum atomic E-state index is -3.68. The second-order valence-corrected chi connectivity index (χ2v) is 6.20. The fourth-order valence-corrected chi connectivity index (χ4v) is 3.00. The highest BCUT2D eigenvalue weighted by molar-refractivity contribution is 6.06. The molecule has 28 heavy (non-hydrogen) atoms. The number of aliphatic hydroxyl groups is 2. The van der Waals surface area contributed by atoms with Gasteiger partial charge < -0.3 is 20.3 Å². The van der Waals surface area contributed by atoms with Crippen molar-refractivity contribution in [3.63, 3.8) is 0 Å². The number of benzene rings is 1. The Morgan fingerprint density at radius 1 is 1.25 bits per heavy atom. The molecule has 11 heteroatoms. The highest BCUT2D eigenvalue weighted by Crippen LogP contribution is 2.43. The van der Waals surface area contributed by atoms with Gasteiger partial charge in [-0.3, -0.25) is 9.36 Å². The van der Waals surface area contributed by atoms with E-state index in [4.69, 9.17) is 9.84 Å². The van der Waals surface area contributed by atoms with Gasteiger partial charge in [-0.15, -0.1) is 0 Å². The summed E-state index contributed by atoms with van der Waals surface area (Å²) in [6.07, 6.45) is -3.40. The van der Waals surface area contributed by atoms with E-state index in [2.05, 4.69) is 20.3 Å². The summed E-state index contributed by atoms with van der Waals surface area (Å²) in [4.78, 5) is 24.3. The molecule has 3 heterocycles. The Morgan fingerprint density at radius 3 is 2.68 bits per heavy atom. The molecule has 3 atom stereocenters. The molecule has 0 saturated carbocycles. The lowest BCUT2D eigenvalue weighted by Crippen LogP contribution is -2.39. The maximum absolute atomic E-state index is 14.4. The largest absolute Gasteiger partial charge is 0.394 e. The molecule has 1 amide bonds. The van der Waals surface area contributed by atoms with Crippen LogP contribution in [0.4, 0.5) is 14.6 Å². The normalized spacial score (nSPS) is 23.8. The Hall–Kier alpha value is -3.02. The van der Waals surface area contributed by atoms with Crippen LogP contribution in [0.1, 0.15) is 16.6 Å². The van der Waals surface area contributed by atoms with E-state index < -0.39 is 36.9 Å². The zero-order valence-electron chi connectivity index (χ0n) is 14.2. The van der Waals surface area contributed by atoms with Crippen molar-refractivity contribution in [1.82, 2.24) is 19.5 Å². The average Bonchev–Trinajstić information content (AvgIpc) is 3.22. The molecule has 0 radical (unpaired) electrons. The number of carbonyl (C=O) groups is 1. The van der Waals surface area contributed by atoms with Crippen LogP contribution in [-0.2, 0) is 4.74 Å². The van der Waals surface area contributed by atoms with Gasteiger partial charge in [-0.1, -0.05) is 18.2 Å². The van der Waals surface area contributed by atoms with Crippen molar-refractivity contribution in [2.45, 2.75) is 24.4 Å². The standard InChI is InChI=1S/C17H15F2N5O4/c18-17(19)12(26)10(6-25)28-16(17)24-8-22-11-13(20-7-21-14(11)24)23-15(27)9-4-2-1-3-5-9/h1-5,7-8,10,12,16,25-26H,6H2,(H,20,21,23,27)/t10-,12-,16-/m1/s1. The molecule has 0 unspecified atom stereocenters. The second kappa shape index (κ2) is 6.86. The zero-order valence-corrected chi connectivity index (χ0v) is 14.2. The Balaban J connectivity index is 1.69. The predicted molar refractivity (Wildman–Crippen MR) is 91.7 cm³/mol. The van der Waals surface area contributed by atoms with Crippen molar-refractivity contribution >= 4 is 22.9 Å². The maximum Gasteiger partial charge on any atom is 0.320 e. The first-order chi connectivity index (χ1) is 13.4. The summed E-state index contributed by atoms with van der Waals surface area (Å²) in [5.74, 6) is -4.09. The van der Waals surface area contributed by atoms with Crippen LogP contribution in [0.25, 0.3) is 11.2 Å². The number of hydrogen-bond donors (Lipinski definition) is 3. The van der Waals surface area contributed by atoms with Crippen molar-refractivity contribution < 1.29 is 28.5 Å². The Kier molecular flexibility index (Phi) is 4.49. The molecule has 3 aromatic rings. The predicted octanol–water partition coefficient (Wildman–Crippen LogP) is 0.964. The average molecular weight is 391 g/mol. The topological polar surface area (TPSA) is 122 Å². The summed E-state index contributed by atoms with van der Waals surface area (Å²) < 4.78 is 34.9. The molecule has 0 bridgehead atoms. The molecule has 1 fully saturated rings. The lowest BCUT2D eigenvalue weighted by molar-refractivity contribution is -0.138. The number of ether oxygens (including phenoxy) is 1. The first-order valence-corrected chi connectivity index (χ1v) is 8.29. The zero-order chi connectivity index (χ0) is 19.9. The summed E-state index contributed by atoms with van der Waals surface area (Å²) in [5.41, 5.74) is 0.440. The molecule has 146 valence electrons. The van der Waals surface area contributed by atoms with Crippen molar-refractivity contribution in [2.75, 3.05) is 11.9 Å². The summed E-state index contributed by atoms with van der Waals surface area (Å²) in [6.45, 7) is -0.771. The van der Waals surface area contributed by atoms with Crippen LogP contribution >= 0.6 is 0 Å². The number of imidazole rings is 1. The number of fused-ring (bicyclic) bond motifs is 1. The molecule has 1 saturated heterocycles. The number of aliphatic hydroxyl groups excluding tert-OH is 2. The van der Waals surface area contributed by atoms with Gasteiger partial charge in [0.15, 0.2) is 23.1 Å². The van der Waals surface area contributed by atoms with Gasteiger partial charge in [0.1, 0.15) is 12.4 Å². The Labute approximate surface area is 156 Å². The smallest absolute Gasteiger partial charge is 0.320 e. The van der Waals surface area contributed by atoms with Gasteiger partial charge in [0.05, 0.1) is 12.9 Å². The Bertz CT molecular complexity index is 1010. The molecule has 3 N–H and O–H groups in total. The van der Waals surface area contributed by atoms with Crippen molar-refractivity contribution in [3.05, 3.63) is 48.5 Å². The number of aromatic nitrogens is 4. The highest BCUT2D eigenvalue weighted by Gasteiger charge is 2.59. The molecule has 1 aliphatic rings. The third-order valence-corrected chi connectivity index (χ3v) is 4.44. The number of rotatable bonds is 4. The number of carbonyl (C=O) groups excluding carboxylic acids is 1. The fourth-order valence-electron chi connectivity index (χ4n) is 3.00. The van der Waals surface area contributed by atoms with Crippen LogP contribution in [0.15, 0.2) is 43.0 Å². The summed E-state index contributed by atoms with van der Waals surface area (Å²) in [6, 6.07) is 8.37. The molecule has 9 nitrogen and oxygen atoms in total. The number of nitrogens with zero attached hydrogens (tertiary/aromatic N) is 4. The van der Waals surface area contributed by atoms with Gasteiger partial charge in [-0.05, 0) is 12.1 Å². The number of anilines is 1. The van der Waals surface area contributed by atoms with E-state index in [0.717, 1.165) is 17.2 Å². The molecule has 0 aliphatic carbocycles. The van der Waals surface area contributed by atoms with Gasteiger partial charge >= 0.3 is 5.92 Å². The summed E-state index contributed by atoms with van der Waals surface area (Å²) >= 11 is 0. The molecule has 0 spiro atoms. The van der Waals surface area contributed by atoms with E-state index in [1.54, 1.807) is 30.3 Å². The van der Waals surface area contributed by atoms with Crippen molar-refractivity contribution in [1.29, 1.82) is 0 Å². The highest BCUT2D eigenvalue weighted by atomic mass is 19.3. The quantitative estimate of drug-likeness (QED) is 0.606. The number of nitrogens with one attached hydrogen (secondary N) is 1. The van der Waals surface area contributed by atoms with E-state index in [0.29, 0.717) is 5.56 Å². The van der Waals surface area contributed by atoms with Gasteiger partial charge in [-0.25, -0.2) is 15.0 Å². The summed E-state index contributed by atoms with van der Waals surface area (Å²) in [5, 5.41) is 21.4. The number of amides is 1. The van der Waals surface area contributed by atoms with Crippen LogP contribution in [0, 0.1) is 0 Å². The van der Waals surface area contributed by atoms with Gasteiger partial charge in [-0.2, -0.15) is 8.78 Å². The number of halogens is 2. The van der Waals surface area contributed by atoms with Crippen molar-refractivity contribution in [3.8, 4) is 0 Å². The van der Waals surface area contributed by atoms with Gasteiger partial charge in [0, 0.05) is 5.56 Å². The lowest BCUT2D eigenvalue weighted by atomic mass is 10.1. The van der Waals surface area contributed by atoms with Crippen LogP contribution in [0.3, 0.4) is 0 Å². The van der Waals surface area contributed by atoms with Gasteiger partial charge in [0.25, 0.3) is 5.91 Å². The first kappa shape index (κ1) is 18.3. The minimum Gasteiger partial charge on any atom is -0.394 e. The van der Waals surface area contributed by atoms with Crippen LogP contribution in [0.5, 0.6) is 0 Å². The molecular formula is C17H15F2N5O4. The second-order valence-electron chi connectivity index (χ2n) is 6.20. The van der Waals surface area contributed by atoms with Crippen LogP contribution < -0.4 is 5.32 Å². The van der Waals surface area contributed by atoms with E-state index in [1.807, 2.05) is 0 Å². The lowest BCUT2D eigenvalue weighted by Gasteiger charge is -2.20. The molecule has 1 aromatic carbocycles. The molecule has 1 aliphatic heterocycles. The van der Waals surface area contributed by atoms with Crippen LogP contribution in [0.2, 0.25) is 0 Å². The maximum atomic E-state index is 14.4.